The molecular formula is C7H4N3O. The van der Waals surface area contributed by atoms with E-state index in [1.54, 1.807) is 18.4 Å². The van der Waals surface area contributed by atoms with Crippen LogP contribution in [0.4, 0.5) is 5.69 Å². The molecule has 0 fully saturated rings. The van der Waals surface area contributed by atoms with Gasteiger partial charge >= 0.3 is 0 Å². The normalized spacial score (nSPS) is 8.36. The Hall–Kier alpha value is -1.80. The molecule has 0 unspecified atom stereocenters. The van der Waals surface area contributed by atoms with Crippen LogP contribution in [0, 0.1) is 0 Å². The minimum atomic E-state index is 0.446. The van der Waals surface area contributed by atoms with E-state index in [0.717, 1.165) is 0 Å². The molecule has 0 aliphatic heterocycles. The maximum Gasteiger partial charge on any atom is 0.233 e. The lowest BCUT2D eigenvalue weighted by atomic mass is 10.2. The first kappa shape index (κ1) is 7.31. The molecule has 1 rings (SSSR count). The van der Waals surface area contributed by atoms with Crippen LogP contribution in [-0.2, 0) is 4.79 Å². The first-order chi connectivity index (χ1) is 5.36. The highest BCUT2D eigenvalue weighted by Crippen LogP contribution is 2.11. The zero-order chi connectivity index (χ0) is 8.10. The van der Waals surface area contributed by atoms with Crippen LogP contribution in [-0.4, -0.2) is 6.29 Å². The Kier molecular flexibility index (Phi) is 2.25. The van der Waals surface area contributed by atoms with E-state index in [1.165, 1.54) is 12.1 Å². The van der Waals surface area contributed by atoms with E-state index in [4.69, 9.17) is 5.53 Å². The summed E-state index contributed by atoms with van der Waals surface area (Å²) in [6.07, 6.45) is 1.71. The summed E-state index contributed by atoms with van der Waals surface area (Å²) >= 11 is 0. The Morgan fingerprint density at radius 1 is 1.36 bits per heavy atom. The maximum absolute atomic E-state index is 10.0. The molecular weight excluding hydrogens is 142 g/mol. The molecule has 0 aromatic heterocycles. The summed E-state index contributed by atoms with van der Waals surface area (Å²) in [6.45, 7) is 0. The smallest absolute Gasteiger partial charge is 0.233 e. The average Bonchev–Trinajstić information content (AvgIpc) is 2.07. The molecule has 0 amide bonds. The third kappa shape index (κ3) is 1.81. The predicted octanol–water partition coefficient (Wildman–Crippen LogP) is 2.09. The van der Waals surface area contributed by atoms with Crippen LogP contribution in [0.15, 0.2) is 29.4 Å². The Bertz CT molecular complexity index is 298. The highest BCUT2D eigenvalue weighted by molar-refractivity contribution is 5.75. The zero-order valence-electron chi connectivity index (χ0n) is 5.56. The third-order valence-corrected chi connectivity index (χ3v) is 1.15. The van der Waals surface area contributed by atoms with E-state index in [0.29, 0.717) is 11.3 Å². The quantitative estimate of drug-likeness (QED) is 0.358. The van der Waals surface area contributed by atoms with Crippen molar-refractivity contribution < 1.29 is 4.79 Å². The maximum atomic E-state index is 10.0. The monoisotopic (exact) mass is 146 g/mol. The third-order valence-electron chi connectivity index (χ3n) is 1.15. The van der Waals surface area contributed by atoms with Crippen LogP contribution < -0.4 is 0 Å². The van der Waals surface area contributed by atoms with Gasteiger partial charge in [0, 0.05) is 16.2 Å². The highest BCUT2D eigenvalue weighted by atomic mass is 16.1. The number of nitrogens with zero attached hydrogens (tertiary/aromatic N) is 3. The van der Waals surface area contributed by atoms with Gasteiger partial charge in [-0.25, -0.2) is 0 Å². The minimum Gasteiger partial charge on any atom is -0.285 e. The van der Waals surface area contributed by atoms with Gasteiger partial charge in [0.05, 0.1) is 0 Å². The van der Waals surface area contributed by atoms with Gasteiger partial charge in [0.2, 0.25) is 6.29 Å². The Balaban J connectivity index is 2.99. The van der Waals surface area contributed by atoms with Crippen LogP contribution in [0.2, 0.25) is 0 Å². The first-order valence-electron chi connectivity index (χ1n) is 2.90. The van der Waals surface area contributed by atoms with Crippen molar-refractivity contribution in [3.8, 4) is 0 Å². The number of hydrogen-bond donors (Lipinski definition) is 0. The molecule has 4 heteroatoms. The lowest BCUT2D eigenvalue weighted by Gasteiger charge is -1.88. The number of azide groups is 1. The van der Waals surface area contributed by atoms with Crippen molar-refractivity contribution in [1.82, 2.24) is 0 Å². The summed E-state index contributed by atoms with van der Waals surface area (Å²) in [5, 5.41) is 3.33. The number of hydrogen-bond acceptors (Lipinski definition) is 2. The molecule has 11 heavy (non-hydrogen) atoms. The van der Waals surface area contributed by atoms with Crippen LogP contribution in [0.1, 0.15) is 5.56 Å². The van der Waals surface area contributed by atoms with Gasteiger partial charge in [-0.1, -0.05) is 29.4 Å². The molecule has 0 aliphatic carbocycles. The molecule has 1 radical (unpaired) electrons. The molecule has 4 nitrogen and oxygen atoms in total. The number of benzene rings is 1. The second-order valence-corrected chi connectivity index (χ2v) is 1.84. The summed E-state index contributed by atoms with van der Waals surface area (Å²) in [6, 6.07) is 6.19. The topological polar surface area (TPSA) is 65.8 Å². The van der Waals surface area contributed by atoms with Crippen molar-refractivity contribution in [2.24, 2.45) is 5.11 Å². The fraction of sp³-hybridized carbons (Fsp3) is 0. The number of rotatable bonds is 2. The van der Waals surface area contributed by atoms with Crippen LogP contribution in [0.3, 0.4) is 0 Å². The van der Waals surface area contributed by atoms with Gasteiger partial charge in [0.15, 0.2) is 0 Å². The van der Waals surface area contributed by atoms with Gasteiger partial charge in [-0.05, 0) is 5.53 Å². The molecule has 0 aliphatic rings. The van der Waals surface area contributed by atoms with Crippen molar-refractivity contribution in [3.63, 3.8) is 0 Å². The minimum absolute atomic E-state index is 0.446. The van der Waals surface area contributed by atoms with Crippen molar-refractivity contribution in [2.75, 3.05) is 0 Å². The van der Waals surface area contributed by atoms with Crippen LogP contribution in [0.25, 0.3) is 10.4 Å². The van der Waals surface area contributed by atoms with Gasteiger partial charge in [0.25, 0.3) is 0 Å². The molecule has 53 valence electrons. The zero-order valence-corrected chi connectivity index (χ0v) is 5.56. The molecule has 0 saturated heterocycles. The van der Waals surface area contributed by atoms with E-state index in [2.05, 4.69) is 10.0 Å². The molecule has 0 atom stereocenters. The van der Waals surface area contributed by atoms with Gasteiger partial charge in [-0.15, -0.1) is 0 Å². The SMILES string of the molecule is [N-]=[N+]=Nc1ccc([C]=O)cc1. The lowest BCUT2D eigenvalue weighted by molar-refractivity contribution is 0.563. The fourth-order valence-electron chi connectivity index (χ4n) is 0.648. The van der Waals surface area contributed by atoms with E-state index in [1.807, 2.05) is 0 Å². The second-order valence-electron chi connectivity index (χ2n) is 1.84. The summed E-state index contributed by atoms with van der Waals surface area (Å²) in [4.78, 5) is 12.6. The largest absolute Gasteiger partial charge is 0.285 e. The Morgan fingerprint density at radius 3 is 2.45 bits per heavy atom. The molecule has 1 aromatic carbocycles. The Morgan fingerprint density at radius 2 is 2.00 bits per heavy atom. The van der Waals surface area contributed by atoms with Crippen molar-refractivity contribution in [3.05, 3.63) is 40.3 Å². The average molecular weight is 146 g/mol. The predicted molar refractivity (Wildman–Crippen MR) is 40.0 cm³/mol. The van der Waals surface area contributed by atoms with Gasteiger partial charge in [0.1, 0.15) is 0 Å². The molecule has 0 heterocycles. The van der Waals surface area contributed by atoms with E-state index >= 15 is 0 Å². The van der Waals surface area contributed by atoms with Crippen molar-refractivity contribution in [2.45, 2.75) is 0 Å². The van der Waals surface area contributed by atoms with Crippen molar-refractivity contribution >= 4 is 12.0 Å². The second kappa shape index (κ2) is 3.39. The molecule has 0 saturated carbocycles. The van der Waals surface area contributed by atoms with E-state index in [9.17, 15) is 4.79 Å². The molecule has 1 aromatic rings. The highest BCUT2D eigenvalue weighted by Gasteiger charge is 1.89. The summed E-state index contributed by atoms with van der Waals surface area (Å²) in [5.74, 6) is 0. The van der Waals surface area contributed by atoms with E-state index < -0.39 is 0 Å². The summed E-state index contributed by atoms with van der Waals surface area (Å²) in [5.41, 5.74) is 8.97. The summed E-state index contributed by atoms with van der Waals surface area (Å²) in [7, 11) is 0. The van der Waals surface area contributed by atoms with Crippen LogP contribution >= 0.6 is 0 Å². The first-order valence-corrected chi connectivity index (χ1v) is 2.90. The Labute approximate surface area is 63.1 Å². The fourth-order valence-corrected chi connectivity index (χ4v) is 0.648. The van der Waals surface area contributed by atoms with Gasteiger partial charge < -0.3 is 0 Å². The lowest BCUT2D eigenvalue weighted by Crippen LogP contribution is -1.75. The van der Waals surface area contributed by atoms with E-state index in [-0.39, 0.29) is 0 Å². The molecule has 0 spiro atoms. The van der Waals surface area contributed by atoms with Crippen molar-refractivity contribution in [1.29, 1.82) is 0 Å². The van der Waals surface area contributed by atoms with Gasteiger partial charge in [-0.3, -0.25) is 4.79 Å². The number of carbonyl (C=O) groups excluding carboxylic acids is 1. The van der Waals surface area contributed by atoms with Gasteiger partial charge in [-0.2, -0.15) is 0 Å². The molecule has 0 N–H and O–H groups in total. The molecule has 0 bridgehead atoms. The van der Waals surface area contributed by atoms with Crippen LogP contribution in [0.5, 0.6) is 0 Å². The standard InChI is InChI=1S/C7H4N3O/c8-10-9-7-3-1-6(5-11)2-4-7/h1-4H. The summed E-state index contributed by atoms with van der Waals surface area (Å²) < 4.78 is 0.